The molecule has 2 nitrogen and oxygen atoms in total. The number of nitrogens with zero attached hydrogens (tertiary/aromatic N) is 1. The molecule has 1 aromatic rings. The van der Waals surface area contributed by atoms with E-state index in [-0.39, 0.29) is 5.41 Å². The predicted molar refractivity (Wildman–Crippen MR) is 93.0 cm³/mol. The number of hydrogen-bond donors (Lipinski definition) is 1. The summed E-state index contributed by atoms with van der Waals surface area (Å²) in [6.07, 6.45) is 5.20. The van der Waals surface area contributed by atoms with Crippen LogP contribution in [0.15, 0.2) is 5.38 Å². The van der Waals surface area contributed by atoms with E-state index >= 15 is 0 Å². The minimum Gasteiger partial charge on any atom is -0.317 e. The summed E-state index contributed by atoms with van der Waals surface area (Å²) in [6.45, 7) is 11.5. The summed E-state index contributed by atoms with van der Waals surface area (Å²) >= 11 is 1.85. The summed E-state index contributed by atoms with van der Waals surface area (Å²) in [4.78, 5) is 4.90. The van der Waals surface area contributed by atoms with Crippen molar-refractivity contribution < 1.29 is 0 Å². The fourth-order valence-corrected chi connectivity index (χ4v) is 4.60. The monoisotopic (exact) mass is 308 g/mol. The molecule has 1 fully saturated rings. The standard InChI is InChI=1S/C18H32N2S/c1-12(2)13-7-8-15(19-6)14(9-13)10-17-20-16(11-21-17)18(3,4)5/h11-15,19H,7-10H2,1-6H3. The first-order chi connectivity index (χ1) is 9.81. The van der Waals surface area contributed by atoms with Gasteiger partial charge in [-0.25, -0.2) is 4.98 Å². The summed E-state index contributed by atoms with van der Waals surface area (Å²) in [5.74, 6) is 2.45. The summed E-state index contributed by atoms with van der Waals surface area (Å²) < 4.78 is 0. The lowest BCUT2D eigenvalue weighted by Crippen LogP contribution is -2.40. The zero-order valence-corrected chi connectivity index (χ0v) is 15.4. The van der Waals surface area contributed by atoms with E-state index in [0.717, 1.165) is 24.2 Å². The van der Waals surface area contributed by atoms with E-state index in [2.05, 4.69) is 52.4 Å². The van der Waals surface area contributed by atoms with E-state index in [9.17, 15) is 0 Å². The van der Waals surface area contributed by atoms with Crippen LogP contribution >= 0.6 is 11.3 Å². The lowest BCUT2D eigenvalue weighted by atomic mass is 9.72. The highest BCUT2D eigenvalue weighted by atomic mass is 32.1. The summed E-state index contributed by atoms with van der Waals surface area (Å²) in [6, 6.07) is 0.669. The molecule has 3 heteroatoms. The van der Waals surface area contributed by atoms with Crippen LogP contribution in [0.25, 0.3) is 0 Å². The molecule has 1 saturated carbocycles. The average Bonchev–Trinajstić information content (AvgIpc) is 2.87. The number of aromatic nitrogens is 1. The molecular weight excluding hydrogens is 276 g/mol. The van der Waals surface area contributed by atoms with Gasteiger partial charge in [-0.3, -0.25) is 0 Å². The third-order valence-corrected chi connectivity index (χ3v) is 5.96. The van der Waals surface area contributed by atoms with Crippen LogP contribution in [-0.2, 0) is 11.8 Å². The first-order valence-electron chi connectivity index (χ1n) is 8.43. The quantitative estimate of drug-likeness (QED) is 0.876. The van der Waals surface area contributed by atoms with E-state index in [1.807, 2.05) is 11.3 Å². The highest BCUT2D eigenvalue weighted by molar-refractivity contribution is 7.09. The van der Waals surface area contributed by atoms with Gasteiger partial charge in [0.15, 0.2) is 0 Å². The SMILES string of the molecule is CNC1CCC(C(C)C)CC1Cc1nc(C(C)(C)C)cs1. The minimum atomic E-state index is 0.171. The zero-order valence-electron chi connectivity index (χ0n) is 14.6. The second-order valence-electron chi connectivity index (χ2n) is 8.05. The average molecular weight is 309 g/mol. The van der Waals surface area contributed by atoms with Crippen molar-refractivity contribution in [3.8, 4) is 0 Å². The Bertz CT molecular complexity index is 444. The van der Waals surface area contributed by atoms with Gasteiger partial charge in [0.2, 0.25) is 0 Å². The summed E-state index contributed by atoms with van der Waals surface area (Å²) in [5, 5.41) is 7.13. The molecule has 0 bridgehead atoms. The van der Waals surface area contributed by atoms with Crippen molar-refractivity contribution in [1.82, 2.24) is 10.3 Å². The van der Waals surface area contributed by atoms with Crippen molar-refractivity contribution in [2.45, 2.75) is 71.8 Å². The van der Waals surface area contributed by atoms with Crippen LogP contribution in [0.3, 0.4) is 0 Å². The maximum atomic E-state index is 4.90. The maximum absolute atomic E-state index is 4.90. The molecule has 0 radical (unpaired) electrons. The van der Waals surface area contributed by atoms with Gasteiger partial charge in [0.1, 0.15) is 0 Å². The topological polar surface area (TPSA) is 24.9 Å². The van der Waals surface area contributed by atoms with Crippen molar-refractivity contribution in [2.75, 3.05) is 7.05 Å². The lowest BCUT2D eigenvalue weighted by Gasteiger charge is -2.37. The Morgan fingerprint density at radius 1 is 1.33 bits per heavy atom. The molecule has 1 heterocycles. The molecular formula is C18H32N2S. The van der Waals surface area contributed by atoms with Gasteiger partial charge in [0, 0.05) is 23.3 Å². The van der Waals surface area contributed by atoms with Gasteiger partial charge in [0.25, 0.3) is 0 Å². The molecule has 0 amide bonds. The zero-order chi connectivity index (χ0) is 15.6. The van der Waals surface area contributed by atoms with Gasteiger partial charge < -0.3 is 5.32 Å². The molecule has 0 aliphatic heterocycles. The largest absolute Gasteiger partial charge is 0.317 e. The molecule has 1 aliphatic carbocycles. The molecule has 3 unspecified atom stereocenters. The van der Waals surface area contributed by atoms with Crippen molar-refractivity contribution in [1.29, 1.82) is 0 Å². The van der Waals surface area contributed by atoms with Crippen LogP contribution in [0.2, 0.25) is 0 Å². The van der Waals surface area contributed by atoms with Gasteiger partial charge in [-0.15, -0.1) is 11.3 Å². The molecule has 2 rings (SSSR count). The highest BCUT2D eigenvalue weighted by Crippen LogP contribution is 2.36. The number of hydrogen-bond acceptors (Lipinski definition) is 3. The van der Waals surface area contributed by atoms with Crippen molar-refractivity contribution in [3.63, 3.8) is 0 Å². The second kappa shape index (κ2) is 6.78. The van der Waals surface area contributed by atoms with Crippen molar-refractivity contribution in [2.24, 2.45) is 17.8 Å². The Morgan fingerprint density at radius 2 is 2.05 bits per heavy atom. The minimum absolute atomic E-state index is 0.171. The third-order valence-electron chi connectivity index (χ3n) is 5.09. The summed E-state index contributed by atoms with van der Waals surface area (Å²) in [5.41, 5.74) is 1.42. The molecule has 1 N–H and O–H groups in total. The molecule has 21 heavy (non-hydrogen) atoms. The molecule has 1 aromatic heterocycles. The van der Waals surface area contributed by atoms with Crippen molar-refractivity contribution >= 4 is 11.3 Å². The van der Waals surface area contributed by atoms with Crippen LogP contribution in [0.5, 0.6) is 0 Å². The van der Waals surface area contributed by atoms with E-state index in [4.69, 9.17) is 4.98 Å². The van der Waals surface area contributed by atoms with Gasteiger partial charge in [0.05, 0.1) is 10.7 Å². The predicted octanol–water partition coefficient (Wildman–Crippen LogP) is 4.64. The number of nitrogens with one attached hydrogen (secondary N) is 1. The molecule has 0 saturated heterocycles. The Kier molecular flexibility index (Phi) is 5.48. The van der Waals surface area contributed by atoms with Crippen molar-refractivity contribution in [3.05, 3.63) is 16.1 Å². The second-order valence-corrected chi connectivity index (χ2v) is 9.00. The van der Waals surface area contributed by atoms with Crippen LogP contribution in [0, 0.1) is 17.8 Å². The first-order valence-corrected chi connectivity index (χ1v) is 9.31. The Balaban J connectivity index is 2.06. The van der Waals surface area contributed by atoms with Gasteiger partial charge in [-0.2, -0.15) is 0 Å². The summed E-state index contributed by atoms with van der Waals surface area (Å²) in [7, 11) is 2.12. The van der Waals surface area contributed by atoms with E-state index in [0.29, 0.717) is 6.04 Å². The van der Waals surface area contributed by atoms with Crippen LogP contribution < -0.4 is 5.32 Å². The third kappa shape index (κ3) is 4.29. The number of thiazole rings is 1. The van der Waals surface area contributed by atoms with Gasteiger partial charge >= 0.3 is 0 Å². The molecule has 0 spiro atoms. The Labute approximate surface area is 134 Å². The number of rotatable bonds is 4. The van der Waals surface area contributed by atoms with E-state index < -0.39 is 0 Å². The van der Waals surface area contributed by atoms with E-state index in [1.165, 1.54) is 30.0 Å². The van der Waals surface area contributed by atoms with Gasteiger partial charge in [-0.05, 0) is 44.1 Å². The first kappa shape index (κ1) is 17.0. The molecule has 0 aromatic carbocycles. The van der Waals surface area contributed by atoms with E-state index in [1.54, 1.807) is 0 Å². The van der Waals surface area contributed by atoms with Crippen LogP contribution in [0.1, 0.15) is 64.6 Å². The smallest absolute Gasteiger partial charge is 0.0931 e. The van der Waals surface area contributed by atoms with Crippen LogP contribution in [-0.4, -0.2) is 18.1 Å². The lowest BCUT2D eigenvalue weighted by molar-refractivity contribution is 0.172. The Morgan fingerprint density at radius 3 is 2.57 bits per heavy atom. The highest BCUT2D eigenvalue weighted by Gasteiger charge is 2.31. The van der Waals surface area contributed by atoms with Crippen LogP contribution in [0.4, 0.5) is 0 Å². The molecule has 3 atom stereocenters. The normalized spacial score (nSPS) is 27.3. The Hall–Kier alpha value is -0.410. The molecule has 1 aliphatic rings. The maximum Gasteiger partial charge on any atom is 0.0931 e. The fraction of sp³-hybridized carbons (Fsp3) is 0.833. The van der Waals surface area contributed by atoms with Gasteiger partial charge in [-0.1, -0.05) is 34.6 Å². The fourth-order valence-electron chi connectivity index (χ4n) is 3.48. The molecule has 120 valence electrons.